The molecular formula is C8H6BN3O3W. The van der Waals surface area contributed by atoms with Crippen LogP contribution in [0.4, 0.5) is 0 Å². The van der Waals surface area contributed by atoms with Gasteiger partial charge in [-0.15, -0.1) is 10.6 Å². The van der Waals surface area contributed by atoms with Crippen molar-refractivity contribution >= 4 is 19.1 Å². The number of nitrogens with zero attached hydrogens (tertiary/aromatic N) is 3. The largest absolute Gasteiger partial charge is 2.00 e. The average Bonchev–Trinajstić information content (AvgIpc) is 2.27. The Morgan fingerprint density at radius 3 is 2.94 bits per heavy atom. The zero-order chi connectivity index (χ0) is 11.1. The second-order valence-corrected chi connectivity index (χ2v) is 2.59. The van der Waals surface area contributed by atoms with Crippen LogP contribution in [0.15, 0.2) is 23.3 Å². The van der Waals surface area contributed by atoms with Gasteiger partial charge in [0.25, 0.3) is 0 Å². The molecule has 0 bridgehead atoms. The maximum atomic E-state index is 9.82. The first-order valence-corrected chi connectivity index (χ1v) is 4.00. The topological polar surface area (TPSA) is 95.3 Å². The molecule has 0 aromatic heterocycles. The van der Waals surface area contributed by atoms with Crippen molar-refractivity contribution in [1.82, 2.24) is 0 Å². The molecule has 0 spiro atoms. The third kappa shape index (κ3) is 4.49. The molecule has 1 aromatic carbocycles. The van der Waals surface area contributed by atoms with E-state index in [1.807, 2.05) is 0 Å². The summed E-state index contributed by atoms with van der Waals surface area (Å²) in [4.78, 5) is 12.4. The van der Waals surface area contributed by atoms with Crippen LogP contribution in [-0.2, 0) is 37.1 Å². The van der Waals surface area contributed by atoms with Gasteiger partial charge in [-0.3, -0.25) is 0 Å². The molecule has 0 heterocycles. The third-order valence-electron chi connectivity index (χ3n) is 1.64. The molecule has 16 heavy (non-hydrogen) atoms. The van der Waals surface area contributed by atoms with Crippen LogP contribution in [0.3, 0.4) is 0 Å². The van der Waals surface area contributed by atoms with Crippen molar-refractivity contribution in [3.8, 4) is 0 Å². The van der Waals surface area contributed by atoms with Crippen molar-refractivity contribution in [3.63, 3.8) is 0 Å². The van der Waals surface area contributed by atoms with Gasteiger partial charge in [0.1, 0.15) is 0 Å². The average molecular weight is 387 g/mol. The molecule has 0 unspecified atom stereocenters. The van der Waals surface area contributed by atoms with E-state index < -0.39 is 7.12 Å². The van der Waals surface area contributed by atoms with Gasteiger partial charge < -0.3 is 14.5 Å². The number of benzene rings is 1. The predicted molar refractivity (Wildman–Crippen MR) is 52.5 cm³/mol. The molecule has 0 atom stereocenters. The summed E-state index contributed by atoms with van der Waals surface area (Å²) < 4.78 is 4.19. The van der Waals surface area contributed by atoms with Crippen LogP contribution in [0.2, 0.25) is 0 Å². The summed E-state index contributed by atoms with van der Waals surface area (Å²) in [5.41, 5.74) is 9.14. The Bertz CT molecular complexity index is 381. The fourth-order valence-electron chi connectivity index (χ4n) is 0.943. The summed E-state index contributed by atoms with van der Waals surface area (Å²) in [5.74, 6) is 0. The molecule has 8 heteroatoms. The molecule has 6 nitrogen and oxygen atoms in total. The predicted octanol–water partition coefficient (Wildman–Crippen LogP) is 0.0659. The van der Waals surface area contributed by atoms with E-state index in [1.54, 1.807) is 12.1 Å². The van der Waals surface area contributed by atoms with Gasteiger partial charge in [0.15, 0.2) is 0 Å². The van der Waals surface area contributed by atoms with Crippen molar-refractivity contribution in [1.29, 1.82) is 0 Å². The maximum Gasteiger partial charge on any atom is 2.00 e. The van der Waals surface area contributed by atoms with Gasteiger partial charge in [0.2, 0.25) is 0 Å². The minimum atomic E-state index is -1.36. The third-order valence-corrected chi connectivity index (χ3v) is 1.64. The number of hydrogen-bond acceptors (Lipinski definition) is 4. The maximum absolute atomic E-state index is 9.82. The van der Waals surface area contributed by atoms with Crippen LogP contribution in [0.25, 0.3) is 10.4 Å². The zero-order valence-corrected chi connectivity index (χ0v) is 11.0. The summed E-state index contributed by atoms with van der Waals surface area (Å²) in [6.45, 7) is 1.34. The van der Waals surface area contributed by atoms with E-state index in [4.69, 9.17) is 5.53 Å². The molecule has 0 saturated heterocycles. The summed E-state index contributed by atoms with van der Waals surface area (Å²) >= 11 is 0. The first-order chi connectivity index (χ1) is 7.27. The minimum Gasteiger partial charge on any atom is -0.702 e. The summed E-state index contributed by atoms with van der Waals surface area (Å²) in [6, 6.07) is 7.39. The van der Waals surface area contributed by atoms with Gasteiger partial charge in [-0.25, -0.2) is 0 Å². The minimum absolute atomic E-state index is 0. The summed E-state index contributed by atoms with van der Waals surface area (Å²) in [7, 11) is -1.36. The van der Waals surface area contributed by atoms with E-state index in [2.05, 4.69) is 20.7 Å². The van der Waals surface area contributed by atoms with Crippen molar-refractivity contribution < 1.29 is 35.5 Å². The monoisotopic (exact) mass is 387 g/mol. The van der Waals surface area contributed by atoms with Gasteiger partial charge in [0, 0.05) is 11.5 Å². The summed E-state index contributed by atoms with van der Waals surface area (Å²) in [6.07, 6.45) is 0. The molecule has 0 fully saturated rings. The molecule has 1 rings (SSSR count). The number of carbonyl (C=O) groups excluding carboxylic acids is 1. The van der Waals surface area contributed by atoms with Crippen LogP contribution < -0.4 is 5.46 Å². The van der Waals surface area contributed by atoms with Gasteiger partial charge in [-0.05, 0) is 5.53 Å². The fraction of sp³-hybridized carbons (Fsp3) is 0.125. The van der Waals surface area contributed by atoms with E-state index in [0.29, 0.717) is 5.46 Å². The van der Waals surface area contributed by atoms with E-state index >= 15 is 0 Å². The first-order valence-electron chi connectivity index (χ1n) is 4.00. The Labute approximate surface area is 107 Å². The van der Waals surface area contributed by atoms with E-state index in [-0.39, 0.29) is 27.6 Å². The number of hydrogen-bond donors (Lipinski definition) is 1. The van der Waals surface area contributed by atoms with Crippen molar-refractivity contribution in [2.45, 2.75) is 6.54 Å². The molecule has 0 radical (unpaired) electrons. The van der Waals surface area contributed by atoms with E-state index in [9.17, 15) is 9.82 Å². The standard InChI is InChI=1S/C8H6BN3O3.W/c10-12-11-5-7-1-3-8(4-2-7)9(14)15-6-13;/h1-3,14H,5H2;/q-2;+2. The molecule has 0 amide bonds. The number of rotatable bonds is 5. The van der Waals surface area contributed by atoms with Crippen molar-refractivity contribution in [2.24, 2.45) is 5.11 Å². The molecule has 0 saturated carbocycles. The van der Waals surface area contributed by atoms with Crippen molar-refractivity contribution in [2.75, 3.05) is 0 Å². The van der Waals surface area contributed by atoms with Gasteiger partial charge >= 0.3 is 28.2 Å². The molecular weight excluding hydrogens is 381 g/mol. The fourth-order valence-corrected chi connectivity index (χ4v) is 0.943. The van der Waals surface area contributed by atoms with E-state index in [1.165, 1.54) is 6.07 Å². The Morgan fingerprint density at radius 2 is 2.44 bits per heavy atom. The molecule has 1 N–H and O–H groups in total. The zero-order valence-electron chi connectivity index (χ0n) is 8.03. The summed E-state index contributed by atoms with van der Waals surface area (Å²) in [5, 5.41) is 12.5. The molecule has 0 aliphatic heterocycles. The van der Waals surface area contributed by atoms with Crippen LogP contribution in [-0.4, -0.2) is 18.6 Å². The van der Waals surface area contributed by atoms with Crippen molar-refractivity contribution in [3.05, 3.63) is 40.3 Å². The van der Waals surface area contributed by atoms with Gasteiger partial charge in [0.05, 0.1) is 0 Å². The SMILES string of the molecule is [N-]=[N+]=NCc1c[c-]c(B(O)O[C-]=O)cc1.[W+2]. The van der Waals surface area contributed by atoms with Crippen LogP contribution >= 0.6 is 0 Å². The van der Waals surface area contributed by atoms with Gasteiger partial charge in [-0.2, -0.15) is 29.8 Å². The molecule has 0 aliphatic rings. The van der Waals surface area contributed by atoms with Gasteiger partial charge in [-0.1, -0.05) is 6.47 Å². The first kappa shape index (κ1) is 14.7. The molecule has 0 aliphatic carbocycles. The Kier molecular flexibility index (Phi) is 7.30. The molecule has 80 valence electrons. The Morgan fingerprint density at radius 1 is 1.69 bits per heavy atom. The van der Waals surface area contributed by atoms with Crippen LogP contribution in [0.5, 0.6) is 0 Å². The molecule has 1 aromatic rings. The normalized spacial score (nSPS) is 8.31. The van der Waals surface area contributed by atoms with E-state index in [0.717, 1.165) is 12.0 Å². The smallest absolute Gasteiger partial charge is 0.702 e. The second kappa shape index (κ2) is 7.93. The Balaban J connectivity index is 0.00000225. The van der Waals surface area contributed by atoms with Crippen LogP contribution in [0, 0.1) is 6.07 Å². The number of azide groups is 1. The van der Waals surface area contributed by atoms with Crippen LogP contribution in [0.1, 0.15) is 5.56 Å². The second-order valence-electron chi connectivity index (χ2n) is 2.59. The quantitative estimate of drug-likeness (QED) is 0.255. The Hall–Kier alpha value is -1.29.